The van der Waals surface area contributed by atoms with Gasteiger partial charge in [-0.1, -0.05) is 11.3 Å². The van der Waals surface area contributed by atoms with Gasteiger partial charge in [-0.15, -0.1) is 0 Å². The molecule has 0 radical (unpaired) electrons. The molecule has 16 heavy (non-hydrogen) atoms. The summed E-state index contributed by atoms with van der Waals surface area (Å²) in [6.07, 6.45) is 0. The first-order valence-electron chi connectivity index (χ1n) is 4.68. The second-order valence-electron chi connectivity index (χ2n) is 3.32. The Morgan fingerprint density at radius 3 is 2.81 bits per heavy atom. The average Bonchev–Trinajstić information content (AvgIpc) is 2.60. The third-order valence-corrected chi connectivity index (χ3v) is 2.99. The van der Waals surface area contributed by atoms with Crippen LogP contribution in [0.3, 0.4) is 0 Å². The summed E-state index contributed by atoms with van der Waals surface area (Å²) in [5.41, 5.74) is 0. The van der Waals surface area contributed by atoms with Gasteiger partial charge in [-0.25, -0.2) is 0 Å². The molecule has 1 aromatic heterocycles. The fourth-order valence-corrected chi connectivity index (χ4v) is 1.99. The minimum atomic E-state index is -0.878. The van der Waals surface area contributed by atoms with E-state index < -0.39 is 5.97 Å². The van der Waals surface area contributed by atoms with E-state index in [1.807, 2.05) is 19.0 Å². The Hall–Kier alpha value is -1.34. The zero-order valence-corrected chi connectivity index (χ0v) is 10.3. The minimum absolute atomic E-state index is 0.0711. The molecule has 0 amide bonds. The number of thiazole rings is 1. The normalized spacial score (nSPS) is 10.2. The smallest absolute Gasteiger partial charge is 0.317 e. The van der Waals surface area contributed by atoms with Crippen molar-refractivity contribution in [3.8, 4) is 5.88 Å². The van der Waals surface area contributed by atoms with E-state index in [9.17, 15) is 4.79 Å². The number of aliphatic carboxylic acids is 1. The summed E-state index contributed by atoms with van der Waals surface area (Å²) in [7, 11) is 5.34. The Morgan fingerprint density at radius 1 is 1.62 bits per heavy atom. The molecule has 0 unspecified atom stereocenters. The number of carbonyl (C=O) groups is 1. The molecule has 0 spiro atoms. The molecule has 0 aliphatic rings. The van der Waals surface area contributed by atoms with Crippen LogP contribution in [-0.4, -0.2) is 43.8 Å². The first-order valence-corrected chi connectivity index (χ1v) is 5.49. The van der Waals surface area contributed by atoms with Crippen LogP contribution in [0.4, 0.5) is 5.13 Å². The van der Waals surface area contributed by atoms with Crippen molar-refractivity contribution in [1.29, 1.82) is 0 Å². The van der Waals surface area contributed by atoms with Crippen LogP contribution in [0.25, 0.3) is 0 Å². The molecular weight excluding hydrogens is 230 g/mol. The first kappa shape index (κ1) is 12.7. The fraction of sp³-hybridized carbons (Fsp3) is 0.556. The maximum Gasteiger partial charge on any atom is 0.317 e. The van der Waals surface area contributed by atoms with Gasteiger partial charge < -0.3 is 20.1 Å². The quantitative estimate of drug-likeness (QED) is 0.755. The van der Waals surface area contributed by atoms with Crippen molar-refractivity contribution in [2.24, 2.45) is 0 Å². The van der Waals surface area contributed by atoms with Gasteiger partial charge in [0.1, 0.15) is 0 Å². The van der Waals surface area contributed by atoms with E-state index in [1.54, 1.807) is 7.11 Å². The summed E-state index contributed by atoms with van der Waals surface area (Å²) in [6.45, 7) is 0.374. The lowest BCUT2D eigenvalue weighted by molar-refractivity contribution is -0.135. The van der Waals surface area contributed by atoms with E-state index in [-0.39, 0.29) is 6.54 Å². The highest BCUT2D eigenvalue weighted by molar-refractivity contribution is 7.15. The molecule has 0 atom stereocenters. The van der Waals surface area contributed by atoms with E-state index in [4.69, 9.17) is 9.84 Å². The fourth-order valence-electron chi connectivity index (χ4n) is 1.07. The number of nitrogens with one attached hydrogen (secondary N) is 1. The summed E-state index contributed by atoms with van der Waals surface area (Å²) in [6, 6.07) is 0. The zero-order chi connectivity index (χ0) is 12.1. The van der Waals surface area contributed by atoms with Crippen LogP contribution in [0.5, 0.6) is 5.88 Å². The van der Waals surface area contributed by atoms with Crippen molar-refractivity contribution >= 4 is 22.4 Å². The summed E-state index contributed by atoms with van der Waals surface area (Å²) >= 11 is 1.48. The molecule has 0 saturated heterocycles. The number of hydrogen-bond acceptors (Lipinski definition) is 6. The third kappa shape index (κ3) is 3.35. The Morgan fingerprint density at radius 2 is 2.31 bits per heavy atom. The number of carboxylic acids is 1. The van der Waals surface area contributed by atoms with Crippen molar-refractivity contribution in [2.45, 2.75) is 6.54 Å². The number of aromatic nitrogens is 1. The Bertz CT molecular complexity index is 365. The predicted molar refractivity (Wildman–Crippen MR) is 62.3 cm³/mol. The summed E-state index contributed by atoms with van der Waals surface area (Å²) in [4.78, 5) is 17.4. The molecule has 0 aliphatic carbocycles. The van der Waals surface area contributed by atoms with Crippen LogP contribution in [0.1, 0.15) is 4.88 Å². The molecule has 1 heterocycles. The minimum Gasteiger partial charge on any atom is -0.480 e. The molecule has 7 heteroatoms. The number of ether oxygens (including phenoxy) is 1. The molecule has 2 N–H and O–H groups in total. The Labute approximate surface area is 97.9 Å². The van der Waals surface area contributed by atoms with E-state index in [0.717, 1.165) is 10.0 Å². The molecule has 0 aliphatic heterocycles. The number of carboxylic acid groups (broad SMARTS) is 1. The van der Waals surface area contributed by atoms with Gasteiger partial charge in [0, 0.05) is 20.6 Å². The van der Waals surface area contributed by atoms with Gasteiger partial charge >= 0.3 is 5.97 Å². The number of hydrogen-bond donors (Lipinski definition) is 2. The van der Waals surface area contributed by atoms with Gasteiger partial charge in [0.05, 0.1) is 18.5 Å². The van der Waals surface area contributed by atoms with Gasteiger partial charge in [-0.05, 0) is 0 Å². The summed E-state index contributed by atoms with van der Waals surface area (Å²) in [5.74, 6) is -0.331. The number of anilines is 1. The molecule has 6 nitrogen and oxygen atoms in total. The van der Waals surface area contributed by atoms with Gasteiger partial charge in [-0.3, -0.25) is 4.79 Å². The molecular formula is C9H15N3O3S. The number of rotatable bonds is 6. The monoisotopic (exact) mass is 245 g/mol. The van der Waals surface area contributed by atoms with Crippen molar-refractivity contribution in [3.05, 3.63) is 4.88 Å². The predicted octanol–water partition coefficient (Wildman–Crippen LogP) is 0.392. The first-order chi connectivity index (χ1) is 7.54. The maximum absolute atomic E-state index is 10.3. The van der Waals surface area contributed by atoms with Crippen molar-refractivity contribution in [1.82, 2.24) is 10.3 Å². The van der Waals surface area contributed by atoms with E-state index in [1.165, 1.54) is 11.3 Å². The topological polar surface area (TPSA) is 74.7 Å². The SMILES string of the molecule is COc1nc(N(C)C)sc1CNCC(=O)O. The van der Waals surface area contributed by atoms with E-state index in [0.29, 0.717) is 12.4 Å². The van der Waals surface area contributed by atoms with Crippen LogP contribution in [0, 0.1) is 0 Å². The lowest BCUT2D eigenvalue weighted by Crippen LogP contribution is -2.21. The lowest BCUT2D eigenvalue weighted by atomic mass is 10.5. The molecule has 0 fully saturated rings. The van der Waals surface area contributed by atoms with Crippen LogP contribution < -0.4 is 15.0 Å². The molecule has 1 aromatic rings. The van der Waals surface area contributed by atoms with Gasteiger partial charge in [0.2, 0.25) is 5.88 Å². The zero-order valence-electron chi connectivity index (χ0n) is 9.48. The highest BCUT2D eigenvalue weighted by Gasteiger charge is 2.12. The Balaban J connectivity index is 2.66. The maximum atomic E-state index is 10.3. The van der Waals surface area contributed by atoms with Gasteiger partial charge in [0.25, 0.3) is 0 Å². The molecule has 0 aromatic carbocycles. The summed E-state index contributed by atoms with van der Waals surface area (Å²) in [5, 5.41) is 12.1. The Kier molecular flexibility index (Phi) is 4.51. The van der Waals surface area contributed by atoms with Crippen LogP contribution in [0.2, 0.25) is 0 Å². The van der Waals surface area contributed by atoms with Crippen molar-refractivity contribution in [2.75, 3.05) is 32.6 Å². The van der Waals surface area contributed by atoms with Crippen LogP contribution >= 0.6 is 11.3 Å². The summed E-state index contributed by atoms with van der Waals surface area (Å²) < 4.78 is 5.12. The molecule has 90 valence electrons. The second kappa shape index (κ2) is 5.66. The highest BCUT2D eigenvalue weighted by Crippen LogP contribution is 2.29. The van der Waals surface area contributed by atoms with E-state index in [2.05, 4.69) is 10.3 Å². The van der Waals surface area contributed by atoms with Crippen molar-refractivity contribution < 1.29 is 14.6 Å². The molecule has 0 bridgehead atoms. The lowest BCUT2D eigenvalue weighted by Gasteiger charge is -2.04. The molecule has 1 rings (SSSR count). The molecule has 0 saturated carbocycles. The second-order valence-corrected chi connectivity index (χ2v) is 4.38. The van der Waals surface area contributed by atoms with Gasteiger partial charge in [0.15, 0.2) is 5.13 Å². The number of nitrogens with zero attached hydrogens (tertiary/aromatic N) is 2. The van der Waals surface area contributed by atoms with E-state index >= 15 is 0 Å². The standard InChI is InChI=1S/C9H15N3O3S/c1-12(2)9-11-8(15-3)6(16-9)4-10-5-7(13)14/h10H,4-5H2,1-3H3,(H,13,14). The van der Waals surface area contributed by atoms with Crippen LogP contribution in [-0.2, 0) is 11.3 Å². The largest absolute Gasteiger partial charge is 0.480 e. The average molecular weight is 245 g/mol. The third-order valence-electron chi connectivity index (χ3n) is 1.79. The van der Waals surface area contributed by atoms with Crippen LogP contribution in [0.15, 0.2) is 0 Å². The number of methoxy groups -OCH3 is 1. The van der Waals surface area contributed by atoms with Crippen molar-refractivity contribution in [3.63, 3.8) is 0 Å². The van der Waals surface area contributed by atoms with Gasteiger partial charge in [-0.2, -0.15) is 4.98 Å². The highest BCUT2D eigenvalue weighted by atomic mass is 32.1.